The van der Waals surface area contributed by atoms with E-state index in [1.807, 2.05) is 0 Å². The van der Waals surface area contributed by atoms with Gasteiger partial charge in [0.2, 0.25) is 0 Å². The maximum absolute atomic E-state index is 3.60. The van der Waals surface area contributed by atoms with Crippen LogP contribution < -0.4 is 10.2 Å². The van der Waals surface area contributed by atoms with Crippen LogP contribution in [0.15, 0.2) is 48.5 Å². The van der Waals surface area contributed by atoms with E-state index in [2.05, 4.69) is 72.7 Å². The first-order valence-corrected chi connectivity index (χ1v) is 6.84. The van der Waals surface area contributed by atoms with Crippen molar-refractivity contribution < 1.29 is 0 Å². The second-order valence-corrected chi connectivity index (χ2v) is 5.42. The minimum atomic E-state index is 0.503. The van der Waals surface area contributed by atoms with Gasteiger partial charge in [0.05, 0.1) is 0 Å². The molecule has 0 saturated carbocycles. The molecule has 2 heteroatoms. The summed E-state index contributed by atoms with van der Waals surface area (Å²) < 4.78 is 0. The van der Waals surface area contributed by atoms with Crippen LogP contribution in [-0.4, -0.2) is 19.6 Å². The third-order valence-corrected chi connectivity index (χ3v) is 3.81. The average Bonchev–Trinajstić information content (AvgIpc) is 2.81. The molecule has 0 spiro atoms. The Hall–Kier alpha value is -1.96. The second-order valence-electron chi connectivity index (χ2n) is 5.42. The van der Waals surface area contributed by atoms with Gasteiger partial charge in [0.15, 0.2) is 0 Å². The van der Waals surface area contributed by atoms with Crippen molar-refractivity contribution in [2.75, 3.05) is 23.8 Å². The number of rotatable bonds is 3. The minimum absolute atomic E-state index is 0.503. The van der Waals surface area contributed by atoms with E-state index in [9.17, 15) is 0 Å². The van der Waals surface area contributed by atoms with Crippen molar-refractivity contribution in [3.8, 4) is 0 Å². The van der Waals surface area contributed by atoms with Crippen molar-refractivity contribution >= 4 is 11.4 Å². The highest BCUT2D eigenvalue weighted by Crippen LogP contribution is 2.26. The SMILES string of the molecule is Cc1ccc(N(C)CC2Cc3ccccc3N2)cc1. The number of hydrogen-bond donors (Lipinski definition) is 1. The first-order chi connectivity index (χ1) is 9.22. The number of para-hydroxylation sites is 1. The number of benzene rings is 2. The summed E-state index contributed by atoms with van der Waals surface area (Å²) in [6.07, 6.45) is 1.12. The molecule has 2 nitrogen and oxygen atoms in total. The molecular formula is C17H20N2. The van der Waals surface area contributed by atoms with Gasteiger partial charge in [0, 0.05) is 31.0 Å². The predicted octanol–water partition coefficient (Wildman–Crippen LogP) is 3.47. The number of nitrogens with one attached hydrogen (secondary N) is 1. The molecule has 1 heterocycles. The van der Waals surface area contributed by atoms with E-state index in [4.69, 9.17) is 0 Å². The van der Waals surface area contributed by atoms with Gasteiger partial charge in [-0.3, -0.25) is 0 Å². The van der Waals surface area contributed by atoms with Gasteiger partial charge >= 0.3 is 0 Å². The van der Waals surface area contributed by atoms with Crippen LogP contribution in [0.1, 0.15) is 11.1 Å². The normalized spacial score (nSPS) is 16.8. The van der Waals surface area contributed by atoms with Crippen LogP contribution in [0.25, 0.3) is 0 Å². The zero-order chi connectivity index (χ0) is 13.2. The van der Waals surface area contributed by atoms with Crippen molar-refractivity contribution in [3.63, 3.8) is 0 Å². The lowest BCUT2D eigenvalue weighted by Gasteiger charge is -2.23. The molecule has 0 saturated heterocycles. The Bertz CT molecular complexity index is 535. The maximum atomic E-state index is 3.60. The lowest BCUT2D eigenvalue weighted by molar-refractivity contribution is 0.725. The highest BCUT2D eigenvalue weighted by atomic mass is 15.1. The van der Waals surface area contributed by atoms with Crippen LogP contribution >= 0.6 is 0 Å². The monoisotopic (exact) mass is 252 g/mol. The lowest BCUT2D eigenvalue weighted by Crippen LogP contribution is -2.32. The van der Waals surface area contributed by atoms with Crippen LogP contribution in [-0.2, 0) is 6.42 Å². The fourth-order valence-electron chi connectivity index (χ4n) is 2.72. The molecule has 0 amide bonds. The summed E-state index contributed by atoms with van der Waals surface area (Å²) in [5, 5.41) is 3.60. The topological polar surface area (TPSA) is 15.3 Å². The molecule has 2 aromatic rings. The molecule has 98 valence electrons. The zero-order valence-corrected chi connectivity index (χ0v) is 11.6. The van der Waals surface area contributed by atoms with Crippen LogP contribution in [0.2, 0.25) is 0 Å². The van der Waals surface area contributed by atoms with Crippen molar-refractivity contribution in [3.05, 3.63) is 59.7 Å². The minimum Gasteiger partial charge on any atom is -0.380 e. The molecule has 0 aromatic heterocycles. The third-order valence-electron chi connectivity index (χ3n) is 3.81. The zero-order valence-electron chi connectivity index (χ0n) is 11.6. The van der Waals surface area contributed by atoms with Gasteiger partial charge in [-0.2, -0.15) is 0 Å². The molecule has 0 fully saturated rings. The predicted molar refractivity (Wildman–Crippen MR) is 82.0 cm³/mol. The Labute approximate surface area is 115 Å². The quantitative estimate of drug-likeness (QED) is 0.900. The number of anilines is 2. The van der Waals surface area contributed by atoms with Crippen LogP contribution in [0.3, 0.4) is 0 Å². The van der Waals surface area contributed by atoms with Crippen molar-refractivity contribution in [2.45, 2.75) is 19.4 Å². The van der Waals surface area contributed by atoms with Crippen LogP contribution in [0, 0.1) is 6.92 Å². The molecule has 1 unspecified atom stereocenters. The fourth-order valence-corrected chi connectivity index (χ4v) is 2.72. The standard InChI is InChI=1S/C17H20N2/c1-13-7-9-16(10-8-13)19(2)12-15-11-14-5-3-4-6-17(14)18-15/h3-10,15,18H,11-12H2,1-2H3. The number of nitrogens with zero attached hydrogens (tertiary/aromatic N) is 1. The number of likely N-dealkylation sites (N-methyl/N-ethyl adjacent to an activating group) is 1. The van der Waals surface area contributed by atoms with Gasteiger partial charge in [-0.05, 0) is 37.1 Å². The maximum Gasteiger partial charge on any atom is 0.0477 e. The van der Waals surface area contributed by atoms with Crippen LogP contribution in [0.5, 0.6) is 0 Å². The Morgan fingerprint density at radius 2 is 1.84 bits per heavy atom. The summed E-state index contributed by atoms with van der Waals surface area (Å²) in [6.45, 7) is 3.15. The van der Waals surface area contributed by atoms with Gasteiger partial charge in [0.1, 0.15) is 0 Å². The molecule has 0 aliphatic carbocycles. The van der Waals surface area contributed by atoms with E-state index in [1.165, 1.54) is 22.5 Å². The first-order valence-electron chi connectivity index (χ1n) is 6.84. The molecule has 1 aliphatic heterocycles. The summed E-state index contributed by atoms with van der Waals surface area (Å²) in [6, 6.07) is 17.8. The van der Waals surface area contributed by atoms with E-state index >= 15 is 0 Å². The van der Waals surface area contributed by atoms with Crippen molar-refractivity contribution in [2.24, 2.45) is 0 Å². The Kier molecular flexibility index (Phi) is 3.16. The summed E-state index contributed by atoms with van der Waals surface area (Å²) >= 11 is 0. The Morgan fingerprint density at radius 1 is 1.11 bits per heavy atom. The molecule has 1 atom stereocenters. The van der Waals surface area contributed by atoms with Crippen LogP contribution in [0.4, 0.5) is 11.4 Å². The van der Waals surface area contributed by atoms with Gasteiger partial charge in [0.25, 0.3) is 0 Å². The number of aryl methyl sites for hydroxylation is 1. The molecule has 19 heavy (non-hydrogen) atoms. The lowest BCUT2D eigenvalue weighted by atomic mass is 10.1. The third kappa shape index (κ3) is 2.58. The highest BCUT2D eigenvalue weighted by Gasteiger charge is 2.21. The fraction of sp³-hybridized carbons (Fsp3) is 0.294. The summed E-state index contributed by atoms with van der Waals surface area (Å²) in [5.74, 6) is 0. The smallest absolute Gasteiger partial charge is 0.0477 e. The summed E-state index contributed by atoms with van der Waals surface area (Å²) in [5.41, 5.74) is 5.32. The Morgan fingerprint density at radius 3 is 2.58 bits per heavy atom. The molecule has 1 N–H and O–H groups in total. The van der Waals surface area contributed by atoms with E-state index in [-0.39, 0.29) is 0 Å². The van der Waals surface area contributed by atoms with Crippen molar-refractivity contribution in [1.82, 2.24) is 0 Å². The van der Waals surface area contributed by atoms with Gasteiger partial charge in [-0.25, -0.2) is 0 Å². The molecule has 3 rings (SSSR count). The van der Waals surface area contributed by atoms with Crippen molar-refractivity contribution in [1.29, 1.82) is 0 Å². The molecule has 0 bridgehead atoms. The number of hydrogen-bond acceptors (Lipinski definition) is 2. The van der Waals surface area contributed by atoms with Gasteiger partial charge < -0.3 is 10.2 Å². The number of fused-ring (bicyclic) bond motifs is 1. The summed E-state index contributed by atoms with van der Waals surface area (Å²) in [7, 11) is 2.16. The average molecular weight is 252 g/mol. The Balaban J connectivity index is 1.66. The molecule has 1 aliphatic rings. The van der Waals surface area contributed by atoms with E-state index in [0.29, 0.717) is 6.04 Å². The molecular weight excluding hydrogens is 232 g/mol. The molecule has 0 radical (unpaired) electrons. The first kappa shape index (κ1) is 12.1. The molecule has 2 aromatic carbocycles. The van der Waals surface area contributed by atoms with Gasteiger partial charge in [-0.1, -0.05) is 35.9 Å². The van der Waals surface area contributed by atoms with E-state index < -0.39 is 0 Å². The second kappa shape index (κ2) is 4.96. The van der Waals surface area contributed by atoms with E-state index in [1.54, 1.807) is 0 Å². The summed E-state index contributed by atoms with van der Waals surface area (Å²) in [4.78, 5) is 2.32. The highest BCUT2D eigenvalue weighted by molar-refractivity contribution is 5.57. The largest absolute Gasteiger partial charge is 0.380 e. The van der Waals surface area contributed by atoms with Gasteiger partial charge in [-0.15, -0.1) is 0 Å². The van der Waals surface area contributed by atoms with E-state index in [0.717, 1.165) is 13.0 Å².